The van der Waals surface area contributed by atoms with Crippen molar-refractivity contribution in [3.8, 4) is 28.3 Å². The highest BCUT2D eigenvalue weighted by molar-refractivity contribution is 7.90. The van der Waals surface area contributed by atoms with E-state index in [0.29, 0.717) is 29.1 Å². The van der Waals surface area contributed by atoms with Crippen LogP contribution in [0.2, 0.25) is 0 Å². The molecule has 0 bridgehead atoms. The summed E-state index contributed by atoms with van der Waals surface area (Å²) in [7, 11) is -2.04. The third-order valence-electron chi connectivity index (χ3n) is 4.84. The van der Waals surface area contributed by atoms with Crippen molar-refractivity contribution in [3.05, 3.63) is 82.7 Å². The number of hydrogen-bond donors (Lipinski definition) is 0. The van der Waals surface area contributed by atoms with E-state index in [2.05, 4.69) is 15.1 Å². The molecule has 0 unspecified atom stereocenters. The van der Waals surface area contributed by atoms with Crippen LogP contribution in [0.1, 0.15) is 5.56 Å². The number of aromatic nitrogens is 4. The van der Waals surface area contributed by atoms with Crippen molar-refractivity contribution in [2.45, 2.75) is 11.7 Å². The fraction of sp³-hybridized carbons (Fsp3) is 0.136. The number of rotatable bonds is 7. The first-order chi connectivity index (χ1) is 15.7. The molecule has 0 spiro atoms. The Hall–Kier alpha value is -4.12. The number of methoxy groups -OCH3 is 1. The van der Waals surface area contributed by atoms with Gasteiger partial charge in [-0.1, -0.05) is 24.3 Å². The number of sulfone groups is 1. The molecule has 2 heterocycles. The second kappa shape index (κ2) is 8.79. The number of nitro groups is 1. The molecule has 11 heteroatoms. The van der Waals surface area contributed by atoms with E-state index in [1.54, 1.807) is 36.2 Å². The third-order valence-corrected chi connectivity index (χ3v) is 5.70. The monoisotopic (exact) mass is 465 g/mol. The Balaban J connectivity index is 1.83. The van der Waals surface area contributed by atoms with Crippen LogP contribution >= 0.6 is 0 Å². The summed E-state index contributed by atoms with van der Waals surface area (Å²) in [4.78, 5) is 18.8. The zero-order chi connectivity index (χ0) is 23.6. The molecule has 0 aliphatic rings. The molecule has 2 aromatic heterocycles. The molecule has 0 radical (unpaired) electrons. The summed E-state index contributed by atoms with van der Waals surface area (Å²) in [6.07, 6.45) is 4.12. The lowest BCUT2D eigenvalue weighted by molar-refractivity contribution is -0.384. The van der Waals surface area contributed by atoms with Crippen LogP contribution < -0.4 is 4.74 Å². The number of non-ortho nitro benzene ring substituents is 1. The molecule has 0 saturated carbocycles. The molecule has 4 rings (SSSR count). The molecule has 0 saturated heterocycles. The lowest BCUT2D eigenvalue weighted by Gasteiger charge is -2.04. The molecule has 10 nitrogen and oxygen atoms in total. The summed E-state index contributed by atoms with van der Waals surface area (Å²) in [5, 5.41) is 15.6. The van der Waals surface area contributed by atoms with Crippen LogP contribution in [0.3, 0.4) is 0 Å². The van der Waals surface area contributed by atoms with Gasteiger partial charge in [0, 0.05) is 41.9 Å². The minimum Gasteiger partial charge on any atom is -0.497 e. The van der Waals surface area contributed by atoms with E-state index in [1.807, 2.05) is 24.3 Å². The Morgan fingerprint density at radius 3 is 2.55 bits per heavy atom. The van der Waals surface area contributed by atoms with Crippen molar-refractivity contribution in [1.29, 1.82) is 0 Å². The van der Waals surface area contributed by atoms with E-state index in [-0.39, 0.29) is 10.8 Å². The van der Waals surface area contributed by atoms with Gasteiger partial charge in [0.15, 0.2) is 0 Å². The predicted molar refractivity (Wildman–Crippen MR) is 121 cm³/mol. The van der Waals surface area contributed by atoms with Crippen molar-refractivity contribution in [1.82, 2.24) is 19.7 Å². The molecule has 168 valence electrons. The number of nitrogens with zero attached hydrogens (tertiary/aromatic N) is 5. The lowest BCUT2D eigenvalue weighted by atomic mass is 10.1. The second-order valence-corrected chi connectivity index (χ2v) is 9.15. The Bertz CT molecular complexity index is 1430. The molecule has 0 atom stereocenters. The zero-order valence-corrected chi connectivity index (χ0v) is 18.6. The molecule has 0 N–H and O–H groups in total. The second-order valence-electron chi connectivity index (χ2n) is 7.24. The molecule has 33 heavy (non-hydrogen) atoms. The average Bonchev–Trinajstić information content (AvgIpc) is 3.23. The molecular formula is C22H19N5O5S. The molecule has 4 aromatic rings. The van der Waals surface area contributed by atoms with Gasteiger partial charge in [-0.3, -0.25) is 14.8 Å². The fourth-order valence-corrected chi connectivity index (χ4v) is 3.77. The summed E-state index contributed by atoms with van der Waals surface area (Å²) < 4.78 is 30.8. The van der Waals surface area contributed by atoms with Crippen LogP contribution in [0.4, 0.5) is 5.69 Å². The number of hydrogen-bond acceptors (Lipinski definition) is 8. The molecule has 0 amide bonds. The maximum absolute atomic E-state index is 12.0. The minimum atomic E-state index is -3.63. The maximum Gasteiger partial charge on any atom is 0.270 e. The molecule has 0 aliphatic carbocycles. The highest BCUT2D eigenvalue weighted by Gasteiger charge is 2.19. The van der Waals surface area contributed by atoms with Gasteiger partial charge in [-0.2, -0.15) is 5.10 Å². The van der Waals surface area contributed by atoms with Crippen molar-refractivity contribution >= 4 is 15.5 Å². The van der Waals surface area contributed by atoms with E-state index in [4.69, 9.17) is 4.74 Å². The van der Waals surface area contributed by atoms with E-state index < -0.39 is 14.8 Å². The van der Waals surface area contributed by atoms with Gasteiger partial charge >= 0.3 is 0 Å². The molecule has 0 fully saturated rings. The van der Waals surface area contributed by atoms with Crippen LogP contribution in [-0.4, -0.2) is 46.5 Å². The number of benzene rings is 2. The Kier molecular flexibility index (Phi) is 5.88. The first-order valence-corrected chi connectivity index (χ1v) is 11.6. The Labute approximate surface area is 189 Å². The van der Waals surface area contributed by atoms with Crippen LogP contribution in [0.25, 0.3) is 22.5 Å². The Morgan fingerprint density at radius 2 is 1.88 bits per heavy atom. The van der Waals surface area contributed by atoms with E-state index in [9.17, 15) is 18.5 Å². The minimum absolute atomic E-state index is 0.0809. The van der Waals surface area contributed by atoms with Gasteiger partial charge < -0.3 is 4.74 Å². The van der Waals surface area contributed by atoms with Gasteiger partial charge in [0.05, 0.1) is 24.3 Å². The first-order valence-electron chi connectivity index (χ1n) is 9.73. The lowest BCUT2D eigenvalue weighted by Crippen LogP contribution is -2.04. The summed E-state index contributed by atoms with van der Waals surface area (Å²) in [5.41, 5.74) is 2.68. The first kappa shape index (κ1) is 22.1. The van der Waals surface area contributed by atoms with Gasteiger partial charge in [0.1, 0.15) is 11.4 Å². The number of ether oxygens (including phenoxy) is 1. The van der Waals surface area contributed by atoms with Crippen molar-refractivity contribution in [2.75, 3.05) is 13.4 Å². The van der Waals surface area contributed by atoms with Crippen LogP contribution in [0.15, 0.2) is 72.1 Å². The molecular weight excluding hydrogens is 446 g/mol. The quantitative estimate of drug-likeness (QED) is 0.231. The highest BCUT2D eigenvalue weighted by Crippen LogP contribution is 2.32. The average molecular weight is 465 g/mol. The largest absolute Gasteiger partial charge is 0.497 e. The van der Waals surface area contributed by atoms with Gasteiger partial charge in [-0.15, -0.1) is 0 Å². The topological polar surface area (TPSA) is 130 Å². The van der Waals surface area contributed by atoms with Gasteiger partial charge in [-0.25, -0.2) is 18.4 Å². The van der Waals surface area contributed by atoms with E-state index in [0.717, 1.165) is 17.6 Å². The highest BCUT2D eigenvalue weighted by atomic mass is 32.2. The summed E-state index contributed by atoms with van der Waals surface area (Å²) in [5.74, 6) is 0.728. The maximum atomic E-state index is 12.0. The standard InChI is InChI=1S/C22H19N5O5S/c1-32-18-8-6-15(7-9-18)13-26-14-19(20-10-11-23-22(24-20)33(2,30)31)21(25-26)16-4-3-5-17(12-16)27(28)29/h3-12,14H,13H2,1-2H3. The van der Waals surface area contributed by atoms with E-state index in [1.165, 1.54) is 18.3 Å². The summed E-state index contributed by atoms with van der Waals surface area (Å²) in [6.45, 7) is 0.413. The van der Waals surface area contributed by atoms with Crippen molar-refractivity contribution in [3.63, 3.8) is 0 Å². The van der Waals surface area contributed by atoms with Gasteiger partial charge in [-0.05, 0) is 23.8 Å². The molecule has 2 aromatic carbocycles. The SMILES string of the molecule is COc1ccc(Cn2cc(-c3ccnc(S(C)(=O)=O)n3)c(-c3cccc([N+](=O)[O-])c3)n2)cc1. The Morgan fingerprint density at radius 1 is 1.12 bits per heavy atom. The van der Waals surface area contributed by atoms with Crippen molar-refractivity contribution < 1.29 is 18.1 Å². The number of nitro benzene ring substituents is 1. The third kappa shape index (κ3) is 4.88. The predicted octanol–water partition coefficient (Wildman–Crippen LogP) is 3.38. The fourth-order valence-electron chi connectivity index (χ4n) is 3.26. The van der Waals surface area contributed by atoms with Crippen LogP contribution in [0.5, 0.6) is 5.75 Å². The smallest absolute Gasteiger partial charge is 0.270 e. The van der Waals surface area contributed by atoms with Gasteiger partial charge in [0.25, 0.3) is 5.69 Å². The zero-order valence-electron chi connectivity index (χ0n) is 17.7. The van der Waals surface area contributed by atoms with Crippen molar-refractivity contribution in [2.24, 2.45) is 0 Å². The summed E-state index contributed by atoms with van der Waals surface area (Å²) >= 11 is 0. The van der Waals surface area contributed by atoms with Crippen LogP contribution in [0, 0.1) is 10.1 Å². The summed E-state index contributed by atoms with van der Waals surface area (Å²) in [6, 6.07) is 15.1. The normalized spacial score (nSPS) is 11.3. The van der Waals surface area contributed by atoms with Crippen LogP contribution in [-0.2, 0) is 16.4 Å². The van der Waals surface area contributed by atoms with Gasteiger partial charge in [0.2, 0.25) is 15.0 Å². The molecule has 0 aliphatic heterocycles. The van der Waals surface area contributed by atoms with E-state index >= 15 is 0 Å².